The normalized spacial score (nSPS) is 33.3. The minimum Gasteiger partial charge on any atom is -0.506 e. The maximum Gasteiger partial charge on any atom is 0.249 e. The van der Waals surface area contributed by atoms with Crippen LogP contribution in [0.25, 0.3) is 6.08 Å². The molecule has 7 aliphatic rings. The van der Waals surface area contributed by atoms with Crippen LogP contribution in [0, 0.1) is 11.8 Å². The summed E-state index contributed by atoms with van der Waals surface area (Å²) in [6, 6.07) is 0.189. The SMILES string of the molecule is CC(C)=CCCC1(C)C=Cc2c(O)c3c(c(CC=C(C)C)c2O1)OC12C(=CC4CC1C(C)(C)OC2(C/C=C(/C)C(=O)N1CC(C)NCC1C)C4=O)C3=O. The molecule has 53 heavy (non-hydrogen) atoms. The summed E-state index contributed by atoms with van der Waals surface area (Å²) in [7, 11) is 0. The summed E-state index contributed by atoms with van der Waals surface area (Å²) in [4.78, 5) is 45.5. The number of phenolic OH excluding ortho intramolecular Hbond substituents is 1. The minimum atomic E-state index is -1.57. The zero-order valence-electron chi connectivity index (χ0n) is 33.1. The van der Waals surface area contributed by atoms with Crippen molar-refractivity contribution in [3.8, 4) is 17.2 Å². The van der Waals surface area contributed by atoms with Crippen LogP contribution < -0.4 is 14.8 Å². The number of nitrogens with one attached hydrogen (secondary N) is 1. The van der Waals surface area contributed by atoms with Crippen molar-refractivity contribution in [2.24, 2.45) is 11.8 Å². The Kier molecular flexibility index (Phi) is 9.05. The van der Waals surface area contributed by atoms with Gasteiger partial charge < -0.3 is 29.5 Å². The van der Waals surface area contributed by atoms with Gasteiger partial charge in [-0.3, -0.25) is 14.4 Å². The van der Waals surface area contributed by atoms with E-state index in [1.807, 2.05) is 64.7 Å². The highest BCUT2D eigenvalue weighted by Crippen LogP contribution is 2.68. The maximum atomic E-state index is 15.0. The molecule has 3 fully saturated rings. The molecule has 1 saturated carbocycles. The predicted octanol–water partition coefficient (Wildman–Crippen LogP) is 7.36. The fourth-order valence-electron chi connectivity index (χ4n) is 9.70. The second kappa shape index (κ2) is 12.8. The number of carbonyl (C=O) groups excluding carboxylic acids is 3. The molecule has 7 atom stereocenters. The van der Waals surface area contributed by atoms with Gasteiger partial charge >= 0.3 is 0 Å². The monoisotopic (exact) mass is 724 g/mol. The average molecular weight is 725 g/mol. The van der Waals surface area contributed by atoms with Crippen molar-refractivity contribution in [2.45, 2.75) is 136 Å². The van der Waals surface area contributed by atoms with E-state index in [1.165, 1.54) is 5.57 Å². The van der Waals surface area contributed by atoms with Gasteiger partial charge in [0.25, 0.3) is 0 Å². The predicted molar refractivity (Wildman–Crippen MR) is 205 cm³/mol. The van der Waals surface area contributed by atoms with Crippen molar-refractivity contribution in [2.75, 3.05) is 13.1 Å². The van der Waals surface area contributed by atoms with Gasteiger partial charge in [-0.2, -0.15) is 0 Å². The first-order valence-electron chi connectivity index (χ1n) is 19.3. The summed E-state index contributed by atoms with van der Waals surface area (Å²) in [5.41, 5.74) is -0.157. The van der Waals surface area contributed by atoms with Gasteiger partial charge in [-0.15, -0.1) is 0 Å². The zero-order chi connectivity index (χ0) is 38.4. The average Bonchev–Trinajstić information content (AvgIpc) is 3.24. The number of benzene rings is 1. The summed E-state index contributed by atoms with van der Waals surface area (Å²) in [5, 5.41) is 15.4. The quantitative estimate of drug-likeness (QED) is 0.211. The molecule has 3 aliphatic carbocycles. The van der Waals surface area contributed by atoms with Crippen molar-refractivity contribution in [1.82, 2.24) is 10.2 Å². The molecule has 7 unspecified atom stereocenters. The van der Waals surface area contributed by atoms with Crippen molar-refractivity contribution in [1.29, 1.82) is 0 Å². The number of amides is 1. The number of ether oxygens (including phenoxy) is 3. The van der Waals surface area contributed by atoms with Crippen LogP contribution in [-0.2, 0) is 20.7 Å². The lowest BCUT2D eigenvalue weighted by Gasteiger charge is -2.56. The van der Waals surface area contributed by atoms with Crippen molar-refractivity contribution in [3.05, 3.63) is 69.4 Å². The van der Waals surface area contributed by atoms with E-state index in [-0.39, 0.29) is 59.0 Å². The molecule has 9 heteroatoms. The van der Waals surface area contributed by atoms with Crippen LogP contribution in [0.3, 0.4) is 0 Å². The highest BCUT2D eigenvalue weighted by molar-refractivity contribution is 6.19. The van der Waals surface area contributed by atoms with E-state index in [2.05, 4.69) is 38.2 Å². The largest absolute Gasteiger partial charge is 0.506 e. The highest BCUT2D eigenvalue weighted by Gasteiger charge is 2.81. The molecule has 8 rings (SSSR count). The van der Waals surface area contributed by atoms with Crippen LogP contribution in [-0.4, -0.2) is 75.1 Å². The topological polar surface area (TPSA) is 114 Å². The van der Waals surface area contributed by atoms with Crippen LogP contribution in [0.4, 0.5) is 0 Å². The fourth-order valence-corrected chi connectivity index (χ4v) is 9.70. The number of nitrogens with zero attached hydrogens (tertiary/aromatic N) is 1. The van der Waals surface area contributed by atoms with Gasteiger partial charge in [-0.1, -0.05) is 35.5 Å². The summed E-state index contributed by atoms with van der Waals surface area (Å²) >= 11 is 0. The molecule has 4 aliphatic heterocycles. The summed E-state index contributed by atoms with van der Waals surface area (Å²) < 4.78 is 21.1. The Bertz CT molecular complexity index is 1940. The first kappa shape index (κ1) is 37.4. The summed E-state index contributed by atoms with van der Waals surface area (Å²) in [5.74, 6) is -0.944. The number of rotatable bonds is 8. The number of aromatic hydroxyl groups is 1. The summed E-state index contributed by atoms with van der Waals surface area (Å²) in [6.07, 6.45) is 14.1. The van der Waals surface area contributed by atoms with Crippen LogP contribution >= 0.6 is 0 Å². The van der Waals surface area contributed by atoms with E-state index in [1.54, 1.807) is 13.0 Å². The number of hydrogen-bond donors (Lipinski definition) is 2. The minimum absolute atomic E-state index is 0.0199. The van der Waals surface area contributed by atoms with Crippen LogP contribution in [0.2, 0.25) is 0 Å². The fraction of sp³-hybridized carbons (Fsp3) is 0.568. The molecule has 9 nitrogen and oxygen atoms in total. The highest BCUT2D eigenvalue weighted by atomic mass is 16.6. The van der Waals surface area contributed by atoms with Gasteiger partial charge in [0.05, 0.1) is 11.2 Å². The third kappa shape index (κ3) is 5.67. The Labute approximate surface area is 314 Å². The first-order chi connectivity index (χ1) is 24.9. The van der Waals surface area contributed by atoms with E-state index in [9.17, 15) is 14.7 Å². The Morgan fingerprint density at radius 1 is 1.02 bits per heavy atom. The Morgan fingerprint density at radius 2 is 1.74 bits per heavy atom. The van der Waals surface area contributed by atoms with Gasteiger partial charge in [0, 0.05) is 60.1 Å². The van der Waals surface area contributed by atoms with E-state index in [4.69, 9.17) is 14.2 Å². The molecule has 4 heterocycles. The number of hydrogen-bond acceptors (Lipinski definition) is 8. The maximum absolute atomic E-state index is 15.0. The number of ketones is 2. The molecule has 4 bridgehead atoms. The van der Waals surface area contributed by atoms with Gasteiger partial charge in [-0.05, 0) is 107 Å². The van der Waals surface area contributed by atoms with Gasteiger partial charge in [-0.25, -0.2) is 0 Å². The second-order valence-electron chi connectivity index (χ2n) is 17.6. The molecule has 0 aromatic heterocycles. The number of phenols is 1. The third-order valence-electron chi connectivity index (χ3n) is 12.5. The lowest BCUT2D eigenvalue weighted by molar-refractivity contribution is -0.171. The number of fused-ring (bicyclic) bond motifs is 2. The molecule has 1 amide bonds. The van der Waals surface area contributed by atoms with Gasteiger partial charge in [0.2, 0.25) is 5.91 Å². The number of piperazine rings is 1. The Balaban J connectivity index is 1.37. The van der Waals surface area contributed by atoms with E-state index >= 15 is 4.79 Å². The summed E-state index contributed by atoms with van der Waals surface area (Å²) in [6.45, 7) is 21.3. The molecule has 1 aromatic carbocycles. The van der Waals surface area contributed by atoms with Crippen LogP contribution in [0.5, 0.6) is 17.2 Å². The van der Waals surface area contributed by atoms with E-state index < -0.39 is 28.3 Å². The zero-order valence-corrected chi connectivity index (χ0v) is 33.1. The number of carbonyl (C=O) groups is 3. The molecule has 284 valence electrons. The number of allylic oxidation sites excluding steroid dienone is 5. The van der Waals surface area contributed by atoms with E-state index in [0.29, 0.717) is 60.4 Å². The lowest BCUT2D eigenvalue weighted by atomic mass is 9.51. The molecule has 0 radical (unpaired) electrons. The third-order valence-corrected chi connectivity index (χ3v) is 12.5. The Hall–Kier alpha value is -3.95. The van der Waals surface area contributed by atoms with E-state index in [0.717, 1.165) is 12.0 Å². The Morgan fingerprint density at radius 3 is 2.43 bits per heavy atom. The number of Topliss-reactive ketones (excluding diaryl/α,β-unsaturated/α-hetero) is 2. The van der Waals surface area contributed by atoms with Crippen LogP contribution in [0.15, 0.2) is 52.7 Å². The smallest absolute Gasteiger partial charge is 0.249 e. The molecule has 1 spiro atoms. The van der Waals surface area contributed by atoms with Gasteiger partial charge in [0.15, 0.2) is 22.8 Å². The molecular formula is C44H56N2O7. The van der Waals surface area contributed by atoms with Gasteiger partial charge in [0.1, 0.15) is 28.4 Å². The molecule has 2 N–H and O–H groups in total. The van der Waals surface area contributed by atoms with Crippen molar-refractivity contribution in [3.63, 3.8) is 0 Å². The standard InChI is InChI=1S/C44H56N2O7/c1-24(2)12-11-17-42(10)18-16-30-35(47)34-36(48)32-20-29-21-33-41(8,9)53-43(39(29)49,19-15-26(5)40(50)46-23-27(6)45-22-28(46)7)44(32,33)52-38(34)31(37(30)51-42)14-13-25(3)4/h12-13,15-16,18,20,27-29,33,45,47H,11,14,17,19,21-23H2,1-10H3/b26-15-. The molecule has 1 aromatic rings. The molecular weight excluding hydrogens is 668 g/mol. The lowest BCUT2D eigenvalue weighted by Crippen LogP contribution is -2.72. The second-order valence-corrected chi connectivity index (χ2v) is 17.6. The molecule has 2 saturated heterocycles. The first-order valence-corrected chi connectivity index (χ1v) is 19.3. The van der Waals surface area contributed by atoms with Crippen molar-refractivity contribution < 1.29 is 33.7 Å². The van der Waals surface area contributed by atoms with Crippen LogP contribution in [0.1, 0.15) is 116 Å². The van der Waals surface area contributed by atoms with Crippen molar-refractivity contribution >= 4 is 23.5 Å².